The van der Waals surface area contributed by atoms with E-state index >= 15 is 0 Å². The van der Waals surface area contributed by atoms with Gasteiger partial charge in [0.1, 0.15) is 0 Å². The molecular weight excluding hydrogens is 250 g/mol. The summed E-state index contributed by atoms with van der Waals surface area (Å²) in [6, 6.07) is 6.83. The molecule has 0 aromatic heterocycles. The van der Waals surface area contributed by atoms with Crippen LogP contribution in [0, 0.1) is 0 Å². The van der Waals surface area contributed by atoms with Crippen molar-refractivity contribution < 1.29 is 4.79 Å². The minimum Gasteiger partial charge on any atom is -0.351 e. The largest absolute Gasteiger partial charge is 0.351 e. The number of nitrogens with one attached hydrogen (secondary N) is 2. The van der Waals surface area contributed by atoms with E-state index < -0.39 is 0 Å². The number of rotatable bonds is 5. The molecule has 1 aromatic carbocycles. The number of likely N-dealkylation sites (N-methyl/N-ethyl adjacent to an activating group) is 1. The normalized spacial score (nSPS) is 17.9. The fourth-order valence-electron chi connectivity index (χ4n) is 2.77. The number of fused-ring (bicyclic) bond motifs is 1. The molecule has 1 saturated carbocycles. The van der Waals surface area contributed by atoms with E-state index in [0.717, 1.165) is 44.2 Å². The predicted octanol–water partition coefficient (Wildman–Crippen LogP) is 1.16. The van der Waals surface area contributed by atoms with Crippen LogP contribution in [0.5, 0.6) is 0 Å². The van der Waals surface area contributed by atoms with E-state index in [1.807, 2.05) is 12.1 Å². The highest BCUT2D eigenvalue weighted by Gasteiger charge is 2.25. The number of amides is 1. The van der Waals surface area contributed by atoms with Crippen molar-refractivity contribution in [1.82, 2.24) is 15.5 Å². The lowest BCUT2D eigenvalue weighted by Crippen LogP contribution is -2.34. The number of carbonyl (C=O) groups is 1. The average Bonchev–Trinajstić information content (AvgIpc) is 3.31. The first-order chi connectivity index (χ1) is 9.74. The van der Waals surface area contributed by atoms with E-state index in [2.05, 4.69) is 28.6 Å². The van der Waals surface area contributed by atoms with E-state index in [1.165, 1.54) is 24.0 Å². The minimum absolute atomic E-state index is 0.0440. The van der Waals surface area contributed by atoms with Crippen molar-refractivity contribution in [3.8, 4) is 0 Å². The van der Waals surface area contributed by atoms with Crippen LogP contribution < -0.4 is 10.6 Å². The molecule has 4 nitrogen and oxygen atoms in total. The van der Waals surface area contributed by atoms with E-state index in [4.69, 9.17) is 0 Å². The SMILES string of the molecule is CN(CCNC(=O)c1ccc2c(c1)CNCC2)C1CC1. The van der Waals surface area contributed by atoms with E-state index in [9.17, 15) is 4.79 Å². The van der Waals surface area contributed by atoms with Crippen molar-refractivity contribution in [2.75, 3.05) is 26.7 Å². The van der Waals surface area contributed by atoms with Crippen LogP contribution in [0.2, 0.25) is 0 Å². The van der Waals surface area contributed by atoms with Crippen LogP contribution >= 0.6 is 0 Å². The van der Waals surface area contributed by atoms with Crippen LogP contribution in [0.3, 0.4) is 0 Å². The molecule has 108 valence electrons. The Morgan fingerprint density at radius 3 is 3.05 bits per heavy atom. The summed E-state index contributed by atoms with van der Waals surface area (Å²) in [6.45, 7) is 3.57. The topological polar surface area (TPSA) is 44.4 Å². The molecule has 2 N–H and O–H groups in total. The lowest BCUT2D eigenvalue weighted by Gasteiger charge is -2.18. The molecule has 1 fully saturated rings. The van der Waals surface area contributed by atoms with Crippen molar-refractivity contribution in [1.29, 1.82) is 0 Å². The Bertz CT molecular complexity index is 496. The molecule has 0 unspecified atom stereocenters. The zero-order valence-electron chi connectivity index (χ0n) is 12.1. The summed E-state index contributed by atoms with van der Waals surface area (Å²) in [4.78, 5) is 14.5. The fourth-order valence-corrected chi connectivity index (χ4v) is 2.77. The molecule has 0 spiro atoms. The summed E-state index contributed by atoms with van der Waals surface area (Å²) in [5.41, 5.74) is 3.41. The zero-order valence-corrected chi connectivity index (χ0v) is 12.1. The molecule has 0 saturated heterocycles. The summed E-state index contributed by atoms with van der Waals surface area (Å²) in [5, 5.41) is 6.36. The molecular formula is C16H23N3O. The highest BCUT2D eigenvalue weighted by molar-refractivity contribution is 5.94. The molecule has 1 aliphatic heterocycles. The zero-order chi connectivity index (χ0) is 13.9. The van der Waals surface area contributed by atoms with Crippen LogP contribution in [0.1, 0.15) is 34.3 Å². The smallest absolute Gasteiger partial charge is 0.251 e. The monoisotopic (exact) mass is 273 g/mol. The molecule has 1 heterocycles. The van der Waals surface area contributed by atoms with Gasteiger partial charge in [-0.15, -0.1) is 0 Å². The maximum Gasteiger partial charge on any atom is 0.251 e. The molecule has 1 aliphatic carbocycles. The first kappa shape index (κ1) is 13.6. The van der Waals surface area contributed by atoms with Gasteiger partial charge in [-0.2, -0.15) is 0 Å². The van der Waals surface area contributed by atoms with Crippen molar-refractivity contribution in [2.24, 2.45) is 0 Å². The summed E-state index contributed by atoms with van der Waals surface area (Å²) in [6.07, 6.45) is 3.67. The lowest BCUT2D eigenvalue weighted by molar-refractivity contribution is 0.0949. The second-order valence-electron chi connectivity index (χ2n) is 5.88. The van der Waals surface area contributed by atoms with Gasteiger partial charge >= 0.3 is 0 Å². The summed E-state index contributed by atoms with van der Waals surface area (Å²) in [5.74, 6) is 0.0440. The minimum atomic E-state index is 0.0440. The first-order valence-corrected chi connectivity index (χ1v) is 7.55. The fraction of sp³-hybridized carbons (Fsp3) is 0.562. The molecule has 3 rings (SSSR count). The van der Waals surface area contributed by atoms with Gasteiger partial charge in [0.05, 0.1) is 0 Å². The van der Waals surface area contributed by atoms with Gasteiger partial charge in [0.15, 0.2) is 0 Å². The quantitative estimate of drug-likeness (QED) is 0.846. The van der Waals surface area contributed by atoms with Crippen LogP contribution in [0.15, 0.2) is 18.2 Å². The van der Waals surface area contributed by atoms with Gasteiger partial charge in [-0.1, -0.05) is 6.07 Å². The van der Waals surface area contributed by atoms with Crippen molar-refractivity contribution in [3.05, 3.63) is 34.9 Å². The Morgan fingerprint density at radius 1 is 1.40 bits per heavy atom. The third kappa shape index (κ3) is 3.19. The van der Waals surface area contributed by atoms with E-state index in [-0.39, 0.29) is 5.91 Å². The van der Waals surface area contributed by atoms with Crippen LogP contribution in [0.25, 0.3) is 0 Å². The highest BCUT2D eigenvalue weighted by Crippen LogP contribution is 2.24. The Morgan fingerprint density at radius 2 is 2.25 bits per heavy atom. The maximum atomic E-state index is 12.1. The second kappa shape index (κ2) is 5.94. The lowest BCUT2D eigenvalue weighted by atomic mass is 9.98. The maximum absolute atomic E-state index is 12.1. The first-order valence-electron chi connectivity index (χ1n) is 7.55. The van der Waals surface area contributed by atoms with Crippen molar-refractivity contribution in [2.45, 2.75) is 31.8 Å². The van der Waals surface area contributed by atoms with Crippen LogP contribution in [0.4, 0.5) is 0 Å². The van der Waals surface area contributed by atoms with Gasteiger partial charge < -0.3 is 15.5 Å². The van der Waals surface area contributed by atoms with Gasteiger partial charge in [0, 0.05) is 31.2 Å². The molecule has 4 heteroatoms. The van der Waals surface area contributed by atoms with Crippen LogP contribution in [-0.2, 0) is 13.0 Å². The molecule has 1 aromatic rings. The summed E-state index contributed by atoms with van der Waals surface area (Å²) in [7, 11) is 2.13. The van der Waals surface area contributed by atoms with Gasteiger partial charge in [-0.05, 0) is 56.1 Å². The van der Waals surface area contributed by atoms with Crippen LogP contribution in [-0.4, -0.2) is 43.5 Å². The van der Waals surface area contributed by atoms with Gasteiger partial charge in [-0.25, -0.2) is 0 Å². The standard InChI is InChI=1S/C16H23N3O/c1-19(15-4-5-15)9-8-18-16(20)13-3-2-12-6-7-17-11-14(12)10-13/h2-3,10,15,17H,4-9,11H2,1H3,(H,18,20). The third-order valence-corrected chi connectivity index (χ3v) is 4.28. The Hall–Kier alpha value is -1.39. The number of benzene rings is 1. The molecule has 1 amide bonds. The Labute approximate surface area is 120 Å². The Kier molecular flexibility index (Phi) is 4.03. The van der Waals surface area contributed by atoms with Crippen molar-refractivity contribution >= 4 is 5.91 Å². The van der Waals surface area contributed by atoms with Crippen molar-refractivity contribution in [3.63, 3.8) is 0 Å². The molecule has 2 aliphatic rings. The highest BCUT2D eigenvalue weighted by atomic mass is 16.1. The molecule has 0 bridgehead atoms. The third-order valence-electron chi connectivity index (χ3n) is 4.28. The second-order valence-corrected chi connectivity index (χ2v) is 5.88. The molecule has 20 heavy (non-hydrogen) atoms. The predicted molar refractivity (Wildman–Crippen MR) is 79.8 cm³/mol. The summed E-state index contributed by atoms with van der Waals surface area (Å²) < 4.78 is 0. The number of hydrogen-bond donors (Lipinski definition) is 2. The molecule has 0 atom stereocenters. The van der Waals surface area contributed by atoms with Gasteiger partial charge in [0.25, 0.3) is 5.91 Å². The molecule has 0 radical (unpaired) electrons. The Balaban J connectivity index is 1.53. The number of nitrogens with zero attached hydrogens (tertiary/aromatic N) is 1. The van der Waals surface area contributed by atoms with Gasteiger partial charge in [0.2, 0.25) is 0 Å². The summed E-state index contributed by atoms with van der Waals surface area (Å²) >= 11 is 0. The van der Waals surface area contributed by atoms with E-state index in [0.29, 0.717) is 0 Å². The van der Waals surface area contributed by atoms with E-state index in [1.54, 1.807) is 0 Å². The van der Waals surface area contributed by atoms with Gasteiger partial charge in [-0.3, -0.25) is 4.79 Å². The number of carbonyl (C=O) groups excluding carboxylic acids is 1. The number of hydrogen-bond acceptors (Lipinski definition) is 3. The average molecular weight is 273 g/mol.